The normalized spacial score (nSPS) is 15.5. The minimum atomic E-state index is -0.505. The molecule has 2 aromatic carbocycles. The van der Waals surface area contributed by atoms with E-state index in [9.17, 15) is 9.18 Å². The van der Waals surface area contributed by atoms with Gasteiger partial charge < -0.3 is 10.3 Å². The zero-order chi connectivity index (χ0) is 16.9. The Hall–Kier alpha value is -2.62. The number of hydrogen-bond acceptors (Lipinski definition) is 1. The summed E-state index contributed by atoms with van der Waals surface area (Å²) in [6, 6.07) is 10.6. The molecule has 122 valence electrons. The second kappa shape index (κ2) is 5.20. The molecular formula is C20H19FN2O. The number of nitrogens with one attached hydrogen (secondary N) is 2. The number of aromatic amines is 1. The maximum Gasteiger partial charge on any atom is 0.235 e. The minimum absolute atomic E-state index is 0.0102. The zero-order valence-corrected chi connectivity index (χ0v) is 13.7. The van der Waals surface area contributed by atoms with Crippen molar-refractivity contribution in [1.82, 2.24) is 4.98 Å². The highest BCUT2D eigenvalue weighted by Gasteiger charge is 2.52. The highest BCUT2D eigenvalue weighted by atomic mass is 19.1. The lowest BCUT2D eigenvalue weighted by molar-refractivity contribution is -0.118. The Labute approximate surface area is 139 Å². The molecule has 0 spiro atoms. The third-order valence-electron chi connectivity index (χ3n) is 5.11. The fourth-order valence-corrected chi connectivity index (χ4v) is 3.31. The van der Waals surface area contributed by atoms with E-state index in [2.05, 4.69) is 10.3 Å². The number of fused-ring (bicyclic) bond motifs is 1. The van der Waals surface area contributed by atoms with Crippen molar-refractivity contribution in [1.29, 1.82) is 0 Å². The fraction of sp³-hybridized carbons (Fsp3) is 0.250. The molecule has 3 aromatic rings. The Morgan fingerprint density at radius 1 is 1.12 bits per heavy atom. The molecule has 1 fully saturated rings. The van der Waals surface area contributed by atoms with E-state index in [0.29, 0.717) is 0 Å². The van der Waals surface area contributed by atoms with E-state index >= 15 is 0 Å². The van der Waals surface area contributed by atoms with Crippen molar-refractivity contribution in [2.24, 2.45) is 0 Å². The van der Waals surface area contributed by atoms with Gasteiger partial charge in [-0.1, -0.05) is 6.07 Å². The van der Waals surface area contributed by atoms with E-state index in [1.54, 1.807) is 6.07 Å². The number of H-pyrrole nitrogens is 1. The first-order chi connectivity index (χ1) is 11.5. The van der Waals surface area contributed by atoms with E-state index in [4.69, 9.17) is 0 Å². The first-order valence-corrected chi connectivity index (χ1v) is 8.15. The summed E-state index contributed by atoms with van der Waals surface area (Å²) in [7, 11) is 0. The molecule has 24 heavy (non-hydrogen) atoms. The van der Waals surface area contributed by atoms with Gasteiger partial charge in [0.1, 0.15) is 5.82 Å². The number of amides is 1. The summed E-state index contributed by atoms with van der Waals surface area (Å²) in [5.74, 6) is -0.267. The lowest BCUT2D eigenvalue weighted by atomic mass is 9.94. The van der Waals surface area contributed by atoms with Gasteiger partial charge in [-0.05, 0) is 73.7 Å². The first-order valence-electron chi connectivity index (χ1n) is 8.15. The maximum absolute atomic E-state index is 13.4. The van der Waals surface area contributed by atoms with Gasteiger partial charge in [0.25, 0.3) is 0 Å². The van der Waals surface area contributed by atoms with Crippen LogP contribution in [-0.4, -0.2) is 10.9 Å². The van der Waals surface area contributed by atoms with Crippen molar-refractivity contribution in [2.45, 2.75) is 32.1 Å². The number of carbonyl (C=O) groups is 1. The van der Waals surface area contributed by atoms with Gasteiger partial charge >= 0.3 is 0 Å². The minimum Gasteiger partial charge on any atom is -0.361 e. The van der Waals surface area contributed by atoms with Gasteiger partial charge in [0.05, 0.1) is 5.41 Å². The summed E-state index contributed by atoms with van der Waals surface area (Å²) >= 11 is 0. The molecule has 0 unspecified atom stereocenters. The van der Waals surface area contributed by atoms with Crippen LogP contribution >= 0.6 is 0 Å². The molecule has 4 rings (SSSR count). The Kier molecular flexibility index (Phi) is 3.23. The molecule has 1 aliphatic rings. The lowest BCUT2D eigenvalue weighted by Gasteiger charge is -2.16. The van der Waals surface area contributed by atoms with Gasteiger partial charge in [0.15, 0.2) is 0 Å². The van der Waals surface area contributed by atoms with E-state index in [1.165, 1.54) is 17.7 Å². The summed E-state index contributed by atoms with van der Waals surface area (Å²) in [5.41, 5.74) is 4.36. The zero-order valence-electron chi connectivity index (χ0n) is 13.7. The van der Waals surface area contributed by atoms with Crippen LogP contribution in [-0.2, 0) is 10.2 Å². The molecule has 0 saturated heterocycles. The van der Waals surface area contributed by atoms with Gasteiger partial charge in [0.2, 0.25) is 5.91 Å². The Morgan fingerprint density at radius 2 is 1.92 bits per heavy atom. The number of halogens is 1. The predicted molar refractivity (Wildman–Crippen MR) is 93.7 cm³/mol. The molecule has 0 atom stereocenters. The maximum atomic E-state index is 13.4. The van der Waals surface area contributed by atoms with E-state index in [1.807, 2.05) is 38.2 Å². The number of rotatable bonds is 3. The quantitative estimate of drug-likeness (QED) is 0.727. The van der Waals surface area contributed by atoms with Crippen molar-refractivity contribution < 1.29 is 9.18 Å². The average molecular weight is 322 g/mol. The Bertz CT molecular complexity index is 953. The van der Waals surface area contributed by atoms with E-state index < -0.39 is 5.41 Å². The molecule has 0 bridgehead atoms. The number of aromatic nitrogens is 1. The Balaban J connectivity index is 1.66. The second-order valence-corrected chi connectivity index (χ2v) is 6.73. The molecule has 1 amide bonds. The van der Waals surface area contributed by atoms with E-state index in [0.717, 1.165) is 40.6 Å². The molecule has 1 aromatic heterocycles. The number of benzene rings is 2. The molecule has 1 heterocycles. The van der Waals surface area contributed by atoms with Crippen molar-refractivity contribution in [2.75, 3.05) is 5.32 Å². The van der Waals surface area contributed by atoms with Crippen molar-refractivity contribution >= 4 is 22.5 Å². The van der Waals surface area contributed by atoms with Crippen LogP contribution in [0, 0.1) is 19.7 Å². The molecule has 2 N–H and O–H groups in total. The summed E-state index contributed by atoms with van der Waals surface area (Å²) in [4.78, 5) is 16.0. The molecular weight excluding hydrogens is 303 g/mol. The molecule has 0 radical (unpaired) electrons. The second-order valence-electron chi connectivity index (χ2n) is 6.73. The van der Waals surface area contributed by atoms with Crippen LogP contribution in [0.1, 0.15) is 29.5 Å². The lowest BCUT2D eigenvalue weighted by Crippen LogP contribution is -2.27. The number of anilines is 1. The van der Waals surface area contributed by atoms with Crippen LogP contribution in [0.3, 0.4) is 0 Å². The van der Waals surface area contributed by atoms with Crippen LogP contribution in [0.5, 0.6) is 0 Å². The number of hydrogen-bond donors (Lipinski definition) is 2. The van der Waals surface area contributed by atoms with Crippen molar-refractivity contribution in [3.63, 3.8) is 0 Å². The van der Waals surface area contributed by atoms with Crippen LogP contribution in [0.4, 0.5) is 10.1 Å². The number of aryl methyl sites for hydroxylation is 2. The molecule has 3 nitrogen and oxygen atoms in total. The van der Waals surface area contributed by atoms with Crippen LogP contribution in [0.15, 0.2) is 42.6 Å². The molecule has 4 heteroatoms. The molecule has 1 aliphatic carbocycles. The number of carbonyl (C=O) groups excluding carboxylic acids is 1. The monoisotopic (exact) mass is 322 g/mol. The smallest absolute Gasteiger partial charge is 0.235 e. The van der Waals surface area contributed by atoms with Crippen LogP contribution in [0.2, 0.25) is 0 Å². The molecule has 1 saturated carbocycles. The highest BCUT2D eigenvalue weighted by molar-refractivity contribution is 6.04. The van der Waals surface area contributed by atoms with Crippen molar-refractivity contribution in [3.05, 3.63) is 65.1 Å². The standard InChI is InChI=1S/C20H19FN2O/c1-12-3-5-15(9-13(12)2)23-19(24)20(7-8-20)17-11-22-18-10-14(21)4-6-16(17)18/h3-6,9-11,22H,7-8H2,1-2H3,(H,23,24). The average Bonchev–Trinajstić information content (AvgIpc) is 3.25. The topological polar surface area (TPSA) is 44.9 Å². The van der Waals surface area contributed by atoms with Crippen LogP contribution < -0.4 is 5.32 Å². The third-order valence-corrected chi connectivity index (χ3v) is 5.11. The van der Waals surface area contributed by atoms with Crippen molar-refractivity contribution in [3.8, 4) is 0 Å². The predicted octanol–water partition coefficient (Wildman–Crippen LogP) is 4.59. The van der Waals surface area contributed by atoms with Gasteiger partial charge in [-0.3, -0.25) is 4.79 Å². The SMILES string of the molecule is Cc1ccc(NC(=O)C2(c3c[nH]c4cc(F)ccc34)CC2)cc1C. The van der Waals surface area contributed by atoms with E-state index in [-0.39, 0.29) is 11.7 Å². The first kappa shape index (κ1) is 14.9. The summed E-state index contributed by atoms with van der Waals surface area (Å²) in [6.07, 6.45) is 3.47. The van der Waals surface area contributed by atoms with Gasteiger partial charge in [-0.15, -0.1) is 0 Å². The van der Waals surface area contributed by atoms with Crippen LogP contribution in [0.25, 0.3) is 10.9 Å². The highest BCUT2D eigenvalue weighted by Crippen LogP contribution is 2.51. The summed E-state index contributed by atoms with van der Waals surface area (Å²) in [5, 5.41) is 3.97. The largest absolute Gasteiger partial charge is 0.361 e. The Morgan fingerprint density at radius 3 is 2.62 bits per heavy atom. The van der Waals surface area contributed by atoms with Gasteiger partial charge in [-0.2, -0.15) is 0 Å². The summed E-state index contributed by atoms with van der Waals surface area (Å²) < 4.78 is 13.4. The van der Waals surface area contributed by atoms with Gasteiger partial charge in [0, 0.05) is 22.8 Å². The van der Waals surface area contributed by atoms with Gasteiger partial charge in [-0.25, -0.2) is 4.39 Å². The fourth-order valence-electron chi connectivity index (χ4n) is 3.31. The third kappa shape index (κ3) is 2.30. The summed E-state index contributed by atoms with van der Waals surface area (Å²) in [6.45, 7) is 4.08. The molecule has 0 aliphatic heterocycles.